The molecule has 2 rings (SSSR count). The Balaban J connectivity index is 1.68. The third kappa shape index (κ3) is 38.9. The van der Waals surface area contributed by atoms with Crippen molar-refractivity contribution in [3.05, 3.63) is 134 Å². The van der Waals surface area contributed by atoms with E-state index in [1.165, 1.54) is 77.0 Å². The van der Waals surface area contributed by atoms with Gasteiger partial charge in [-0.05, 0) is 109 Å². The van der Waals surface area contributed by atoms with Gasteiger partial charge in [-0.1, -0.05) is 231 Å². The first-order chi connectivity index (χ1) is 41.6. The zero-order valence-electron chi connectivity index (χ0n) is 52.3. The fraction of sp³-hybridized carbons (Fsp3) is 0.676. The van der Waals surface area contributed by atoms with Crippen LogP contribution < -0.4 is 5.32 Å². The molecule has 2 saturated heterocycles. The summed E-state index contributed by atoms with van der Waals surface area (Å²) < 4.78 is 22.8. The zero-order valence-corrected chi connectivity index (χ0v) is 52.3. The van der Waals surface area contributed by atoms with Crippen molar-refractivity contribution in [1.82, 2.24) is 5.32 Å². The molecule has 85 heavy (non-hydrogen) atoms. The van der Waals surface area contributed by atoms with Gasteiger partial charge in [0.2, 0.25) is 5.91 Å². The van der Waals surface area contributed by atoms with Crippen LogP contribution in [0.4, 0.5) is 0 Å². The average Bonchev–Trinajstić information content (AvgIpc) is 3.70. The van der Waals surface area contributed by atoms with E-state index < -0.39 is 86.8 Å². The van der Waals surface area contributed by atoms with Crippen molar-refractivity contribution >= 4 is 5.91 Å². The van der Waals surface area contributed by atoms with Crippen LogP contribution in [0, 0.1) is 0 Å². The molecule has 0 spiro atoms. The summed E-state index contributed by atoms with van der Waals surface area (Å²) >= 11 is 0. The van der Waals surface area contributed by atoms with Gasteiger partial charge in [0.15, 0.2) is 12.6 Å². The first-order valence-electron chi connectivity index (χ1n) is 32.9. The Labute approximate surface area is 513 Å². The van der Waals surface area contributed by atoms with E-state index in [9.17, 15) is 45.6 Å². The van der Waals surface area contributed by atoms with E-state index in [-0.39, 0.29) is 18.9 Å². The molecule has 2 heterocycles. The Morgan fingerprint density at radius 1 is 0.435 bits per heavy atom. The monoisotopic (exact) mass is 1190 g/mol. The van der Waals surface area contributed by atoms with Crippen LogP contribution in [0.3, 0.4) is 0 Å². The molecular formula is C71H117NO13. The van der Waals surface area contributed by atoms with Crippen molar-refractivity contribution in [3.63, 3.8) is 0 Å². The van der Waals surface area contributed by atoms with Gasteiger partial charge in [0.25, 0.3) is 0 Å². The number of hydrogen-bond donors (Lipinski definition) is 9. The smallest absolute Gasteiger partial charge is 0.220 e. The molecule has 0 saturated carbocycles. The quantitative estimate of drug-likeness (QED) is 0.0204. The maximum Gasteiger partial charge on any atom is 0.220 e. The fourth-order valence-electron chi connectivity index (χ4n) is 9.81. The SMILES string of the molecule is CC/C=C\C/C=C\C/C=C\C/C=C\C/C=C\C/C=C\C/C=C\C/C=C\CCCCCCCCCCCCC(=O)NC(COC1OC(CO)C(OC2OC(CO)C(O)C(O)C2O)C(O)C1O)C(O)/C=C/CC/C=C/CC/C=C/CCCCCCCC. The highest BCUT2D eigenvalue weighted by Crippen LogP contribution is 2.30. The van der Waals surface area contributed by atoms with E-state index in [1.807, 2.05) is 6.08 Å². The summed E-state index contributed by atoms with van der Waals surface area (Å²) in [6, 6.07) is -0.950. The molecular weight excluding hydrogens is 1070 g/mol. The third-order valence-electron chi connectivity index (χ3n) is 15.0. The van der Waals surface area contributed by atoms with Crippen LogP contribution in [-0.4, -0.2) is 140 Å². The zero-order chi connectivity index (χ0) is 61.6. The lowest BCUT2D eigenvalue weighted by molar-refractivity contribution is -0.359. The molecule has 2 fully saturated rings. The molecule has 0 bridgehead atoms. The van der Waals surface area contributed by atoms with Crippen molar-refractivity contribution in [2.75, 3.05) is 19.8 Å². The summed E-state index contributed by atoms with van der Waals surface area (Å²) in [5.74, 6) is -0.264. The number of aliphatic hydroxyl groups is 8. The van der Waals surface area contributed by atoms with Gasteiger partial charge in [0, 0.05) is 6.42 Å². The van der Waals surface area contributed by atoms with E-state index in [0.717, 1.165) is 103 Å². The van der Waals surface area contributed by atoms with Crippen LogP contribution in [0.2, 0.25) is 0 Å². The predicted molar refractivity (Wildman–Crippen MR) is 345 cm³/mol. The number of hydrogen-bond acceptors (Lipinski definition) is 13. The molecule has 2 aliphatic rings. The normalized spacial score (nSPS) is 24.4. The fourth-order valence-corrected chi connectivity index (χ4v) is 9.81. The Morgan fingerprint density at radius 3 is 1.29 bits per heavy atom. The van der Waals surface area contributed by atoms with Gasteiger partial charge in [0.1, 0.15) is 48.8 Å². The lowest BCUT2D eigenvalue weighted by Gasteiger charge is -2.46. The van der Waals surface area contributed by atoms with Gasteiger partial charge in [0.05, 0.1) is 32.0 Å². The second kappa shape index (κ2) is 54.3. The lowest BCUT2D eigenvalue weighted by atomic mass is 9.97. The lowest BCUT2D eigenvalue weighted by Crippen LogP contribution is -2.65. The molecule has 484 valence electrons. The Bertz CT molecular complexity index is 1940. The van der Waals surface area contributed by atoms with Gasteiger partial charge < -0.3 is 65.1 Å². The topological polar surface area (TPSA) is 228 Å². The highest BCUT2D eigenvalue weighted by molar-refractivity contribution is 5.76. The van der Waals surface area contributed by atoms with Crippen molar-refractivity contribution in [2.45, 2.75) is 286 Å². The van der Waals surface area contributed by atoms with Crippen LogP contribution in [-0.2, 0) is 23.7 Å². The molecule has 0 aromatic heterocycles. The van der Waals surface area contributed by atoms with Crippen LogP contribution in [0.15, 0.2) is 134 Å². The van der Waals surface area contributed by atoms with Crippen LogP contribution >= 0.6 is 0 Å². The molecule has 0 aromatic rings. The number of ether oxygens (including phenoxy) is 4. The minimum absolute atomic E-state index is 0.256. The van der Waals surface area contributed by atoms with Crippen LogP contribution in [0.25, 0.3) is 0 Å². The summed E-state index contributed by atoms with van der Waals surface area (Å²) in [5.41, 5.74) is 0. The van der Waals surface area contributed by atoms with E-state index in [2.05, 4.69) is 141 Å². The summed E-state index contributed by atoms with van der Waals surface area (Å²) in [6.07, 6.45) is 63.5. The number of amides is 1. The first-order valence-corrected chi connectivity index (χ1v) is 32.9. The predicted octanol–water partition coefficient (Wildman–Crippen LogP) is 12.7. The molecule has 9 N–H and O–H groups in total. The summed E-state index contributed by atoms with van der Waals surface area (Å²) in [6.45, 7) is 2.63. The molecule has 2 aliphatic heterocycles. The molecule has 14 heteroatoms. The summed E-state index contributed by atoms with van der Waals surface area (Å²) in [7, 11) is 0. The molecule has 12 atom stereocenters. The number of aliphatic hydroxyl groups excluding tert-OH is 8. The maximum absolute atomic E-state index is 13.3. The van der Waals surface area contributed by atoms with Crippen molar-refractivity contribution < 1.29 is 64.6 Å². The van der Waals surface area contributed by atoms with E-state index in [1.54, 1.807) is 6.08 Å². The number of rotatable bonds is 51. The number of unbranched alkanes of at least 4 members (excludes halogenated alkanes) is 18. The number of carbonyl (C=O) groups excluding carboxylic acids is 1. The van der Waals surface area contributed by atoms with Crippen LogP contribution in [0.1, 0.15) is 213 Å². The van der Waals surface area contributed by atoms with Gasteiger partial charge >= 0.3 is 0 Å². The first kappa shape index (κ1) is 77.2. The minimum Gasteiger partial charge on any atom is -0.394 e. The van der Waals surface area contributed by atoms with Crippen molar-refractivity contribution in [3.8, 4) is 0 Å². The second-order valence-corrected chi connectivity index (χ2v) is 22.5. The molecule has 14 nitrogen and oxygen atoms in total. The molecule has 0 aliphatic carbocycles. The van der Waals surface area contributed by atoms with Gasteiger partial charge in [-0.2, -0.15) is 0 Å². The molecule has 0 aromatic carbocycles. The van der Waals surface area contributed by atoms with E-state index in [4.69, 9.17) is 18.9 Å². The standard InChI is InChI=1S/C71H117NO13/c1-3-5-7-9-11-13-15-17-19-21-22-23-24-25-26-27-28-29-30-31-32-33-34-35-36-37-38-39-41-43-45-47-49-51-53-55-63(76)72-59(60(75)54-52-50-48-46-44-42-40-20-18-16-14-12-10-8-6-4-2)58-82-70-68(81)66(79)69(62(57-74)84-70)85-71-67(80)65(78)64(77)61(56-73)83-71/h5,7,11,13,17-20,22-23,25-26,28-29,31-32,34-35,44,46,52,54,59-62,64-71,73-75,77-81H,3-4,6,8-10,12,14-16,21,24,27,30,33,36-43,45,47-51,53,55-58H2,1-2H3,(H,72,76)/b7-5-,13-11-,19-17-,20-18+,23-22-,26-25-,29-28-,32-31-,35-34-,46-44+,54-52+. The Morgan fingerprint density at radius 2 is 0.824 bits per heavy atom. The number of allylic oxidation sites excluding steroid dienone is 21. The van der Waals surface area contributed by atoms with Gasteiger partial charge in [-0.25, -0.2) is 0 Å². The highest BCUT2D eigenvalue weighted by Gasteiger charge is 2.51. The largest absolute Gasteiger partial charge is 0.394 e. The summed E-state index contributed by atoms with van der Waals surface area (Å²) in [5, 5.41) is 87.2. The Hall–Kier alpha value is -3.87. The summed E-state index contributed by atoms with van der Waals surface area (Å²) in [4.78, 5) is 13.3. The van der Waals surface area contributed by atoms with Gasteiger partial charge in [-0.3, -0.25) is 4.79 Å². The van der Waals surface area contributed by atoms with E-state index >= 15 is 0 Å². The van der Waals surface area contributed by atoms with Gasteiger partial charge in [-0.15, -0.1) is 0 Å². The minimum atomic E-state index is -1.80. The Kier molecular flexibility index (Phi) is 49.3. The maximum atomic E-state index is 13.3. The number of nitrogens with one attached hydrogen (secondary N) is 1. The van der Waals surface area contributed by atoms with Crippen LogP contribution in [0.5, 0.6) is 0 Å². The second-order valence-electron chi connectivity index (χ2n) is 22.5. The third-order valence-corrected chi connectivity index (χ3v) is 15.0. The van der Waals surface area contributed by atoms with E-state index in [0.29, 0.717) is 12.8 Å². The van der Waals surface area contributed by atoms with Crippen molar-refractivity contribution in [2.24, 2.45) is 0 Å². The number of carbonyl (C=O) groups is 1. The molecule has 1 amide bonds. The molecule has 12 unspecified atom stereocenters. The molecule has 0 radical (unpaired) electrons. The van der Waals surface area contributed by atoms with Crippen molar-refractivity contribution in [1.29, 1.82) is 0 Å². The average molecular weight is 1190 g/mol. The highest BCUT2D eigenvalue weighted by atomic mass is 16.7.